The highest BCUT2D eigenvalue weighted by molar-refractivity contribution is 8.00. The zero-order chi connectivity index (χ0) is 40.4. The van der Waals surface area contributed by atoms with E-state index in [1.165, 1.54) is 34.2 Å². The smallest absolute Gasteiger partial charge is 0.352 e. The Morgan fingerprint density at radius 3 is 2.34 bits per heavy atom. The monoisotopic (exact) mass is 813 g/mol. The number of benzene rings is 1. The van der Waals surface area contributed by atoms with E-state index in [9.17, 15) is 54.0 Å². The Kier molecular flexibility index (Phi) is 9.82. The molecule has 3 amide bonds. The molecule has 0 radical (unpaired) electrons. The maximum absolute atomic E-state index is 13.7. The van der Waals surface area contributed by atoms with Gasteiger partial charge in [0.05, 0.1) is 48.5 Å². The number of carbonyl (C=O) groups is 7. The number of fused-ring (bicyclic) bond motifs is 5. The van der Waals surface area contributed by atoms with Gasteiger partial charge in [0.2, 0.25) is 12.0 Å². The topological polar surface area (TPSA) is 288 Å². The number of nitrogens with two attached hydrogens (primary N) is 1. The maximum atomic E-state index is 13.7. The molecule has 296 valence electrons. The first-order valence-electron chi connectivity index (χ1n) is 17.6. The van der Waals surface area contributed by atoms with E-state index in [1.807, 2.05) is 6.92 Å². The quantitative estimate of drug-likeness (QED) is 0.0391. The highest BCUT2D eigenvalue weighted by Gasteiger charge is 2.58. The third-order valence-electron chi connectivity index (χ3n) is 11.5. The van der Waals surface area contributed by atoms with Gasteiger partial charge in [-0.05, 0) is 19.1 Å². The third kappa shape index (κ3) is 6.61. The number of phenolic OH excluding ortho intramolecular Hbond substituents is 2. The van der Waals surface area contributed by atoms with Crippen LogP contribution < -0.4 is 5.73 Å². The van der Waals surface area contributed by atoms with Crippen molar-refractivity contribution in [1.29, 1.82) is 0 Å². The molecule has 7 N–H and O–H groups in total. The van der Waals surface area contributed by atoms with Gasteiger partial charge in [-0.1, -0.05) is 5.16 Å². The summed E-state index contributed by atoms with van der Waals surface area (Å²) < 4.78 is 0.556. The standard InChI is InChI=1S/C35H36N6O13S2/c1-15-18(12-41-7-4-35(5-8-41,6-9-41)14-39-28(47)16-2-3-20(42)27(46)24(16)30(39)49)26(33(52)53)40-29(48)17(31(40)56-15)10-21(43)25(19-13-55-34(36)37-19)38-54-22(32(50)51)11-23(44)45/h2-3,13,15,17,22,31H,4-12,14H2,1H3,(H6-,36,37,38,42,43,44,45,46,47,49,50,51,52,53)/p+1/t15-,17+,22-,31+,35?,41?/m0/s1. The van der Waals surface area contributed by atoms with Crippen LogP contribution in [0.3, 0.4) is 0 Å². The summed E-state index contributed by atoms with van der Waals surface area (Å²) in [7, 11) is 0. The van der Waals surface area contributed by atoms with Gasteiger partial charge >= 0.3 is 17.9 Å². The van der Waals surface area contributed by atoms with Crippen LogP contribution in [0.1, 0.15) is 65.4 Å². The number of amides is 3. The number of phenols is 2. The first-order valence-corrected chi connectivity index (χ1v) is 19.4. The van der Waals surface area contributed by atoms with Gasteiger partial charge in [-0.15, -0.1) is 23.1 Å². The summed E-state index contributed by atoms with van der Waals surface area (Å²) in [4.78, 5) is 101. The number of anilines is 1. The second kappa shape index (κ2) is 14.2. The molecule has 56 heavy (non-hydrogen) atoms. The number of aliphatic carboxylic acids is 3. The molecule has 2 bridgehead atoms. The summed E-state index contributed by atoms with van der Waals surface area (Å²) in [6.45, 7) is 4.26. The minimum Gasteiger partial charge on any atom is -0.504 e. The molecule has 1 aromatic heterocycles. The van der Waals surface area contributed by atoms with E-state index < -0.39 is 88.9 Å². The van der Waals surface area contributed by atoms with Crippen LogP contribution in [0.4, 0.5) is 5.13 Å². The number of ketones is 1. The molecule has 6 aliphatic heterocycles. The molecular weight excluding hydrogens is 777 g/mol. The summed E-state index contributed by atoms with van der Waals surface area (Å²) in [6.07, 6.45) is -1.39. The normalized spacial score (nSPS) is 27.5. The molecule has 0 spiro atoms. The molecule has 0 unspecified atom stereocenters. The van der Waals surface area contributed by atoms with Crippen molar-refractivity contribution >= 4 is 75.4 Å². The second-order valence-electron chi connectivity index (χ2n) is 14.8. The summed E-state index contributed by atoms with van der Waals surface area (Å²) in [5.74, 6) is -9.03. The number of piperidine rings is 3. The number of β-lactam (4-membered cyclic amide) rings is 1. The minimum atomic E-state index is -1.92. The molecule has 4 fully saturated rings. The first kappa shape index (κ1) is 38.7. The van der Waals surface area contributed by atoms with Gasteiger partial charge in [0.15, 0.2) is 28.1 Å². The van der Waals surface area contributed by atoms with Crippen LogP contribution in [0, 0.1) is 11.3 Å². The molecule has 1 aromatic carbocycles. The lowest BCUT2D eigenvalue weighted by Gasteiger charge is -2.57. The van der Waals surface area contributed by atoms with Gasteiger partial charge in [0.25, 0.3) is 11.8 Å². The van der Waals surface area contributed by atoms with Crippen molar-refractivity contribution in [2.24, 2.45) is 16.5 Å². The molecule has 4 atom stereocenters. The largest absolute Gasteiger partial charge is 0.504 e. The Morgan fingerprint density at radius 2 is 1.75 bits per heavy atom. The van der Waals surface area contributed by atoms with E-state index in [-0.39, 0.29) is 44.9 Å². The molecule has 19 nitrogen and oxygen atoms in total. The number of nitrogens with zero attached hydrogens (tertiary/aromatic N) is 5. The Morgan fingerprint density at radius 1 is 1.07 bits per heavy atom. The van der Waals surface area contributed by atoms with Crippen LogP contribution in [-0.4, -0.2) is 141 Å². The van der Waals surface area contributed by atoms with Gasteiger partial charge < -0.3 is 40.6 Å². The Bertz CT molecular complexity index is 2140. The zero-order valence-electron chi connectivity index (χ0n) is 29.7. The summed E-state index contributed by atoms with van der Waals surface area (Å²) in [6, 6.07) is 2.49. The zero-order valence-corrected chi connectivity index (χ0v) is 31.4. The van der Waals surface area contributed by atoms with Gasteiger partial charge in [-0.3, -0.25) is 33.8 Å². The highest BCUT2D eigenvalue weighted by atomic mass is 32.2. The van der Waals surface area contributed by atoms with Crippen molar-refractivity contribution < 1.29 is 68.4 Å². The Balaban J connectivity index is 1.05. The van der Waals surface area contributed by atoms with Crippen LogP contribution in [0.5, 0.6) is 11.5 Å². The van der Waals surface area contributed by atoms with Crippen molar-refractivity contribution in [2.75, 3.05) is 38.5 Å². The number of thiazole rings is 1. The number of thioether (sulfide) groups is 1. The van der Waals surface area contributed by atoms with Gasteiger partial charge in [0, 0.05) is 53.8 Å². The van der Waals surface area contributed by atoms with Crippen molar-refractivity contribution in [1.82, 2.24) is 14.8 Å². The number of aromatic hydroxyl groups is 2. The second-order valence-corrected chi connectivity index (χ2v) is 17.2. The number of carboxylic acid groups (broad SMARTS) is 3. The lowest BCUT2D eigenvalue weighted by Crippen LogP contribution is -2.66. The summed E-state index contributed by atoms with van der Waals surface area (Å²) in [5, 5.41) is 53.1. The summed E-state index contributed by atoms with van der Waals surface area (Å²) in [5.41, 5.74) is 5.09. The molecule has 7 heterocycles. The fourth-order valence-electron chi connectivity index (χ4n) is 8.36. The SMILES string of the molecule is C[C@@H]1S[C@@H]2[C@H](CC(=O)/C(=N\O[C@@H](CC(=O)O)C(=O)O)c3csc(N)n3)C(=O)N2C(C(=O)O)=C1C[N+]12CCC(CN3C(=O)c4ccc(O)c(O)c4C3=O)(CC1)CC2. The number of carboxylic acids is 3. The number of hydrogen-bond acceptors (Lipinski definition) is 15. The van der Waals surface area contributed by atoms with Crippen LogP contribution in [-0.2, 0) is 28.8 Å². The van der Waals surface area contributed by atoms with Gasteiger partial charge in [-0.2, -0.15) is 0 Å². The molecule has 0 saturated carbocycles. The predicted octanol–water partition coefficient (Wildman–Crippen LogP) is 1.30. The fraction of sp³-hybridized carbons (Fsp3) is 0.457. The number of hydrogen-bond donors (Lipinski definition) is 6. The molecule has 2 aromatic rings. The predicted molar refractivity (Wildman–Crippen MR) is 194 cm³/mol. The summed E-state index contributed by atoms with van der Waals surface area (Å²) >= 11 is 2.30. The molecule has 0 aliphatic carbocycles. The highest BCUT2D eigenvalue weighted by Crippen LogP contribution is 2.51. The lowest BCUT2D eigenvalue weighted by molar-refractivity contribution is -0.941. The van der Waals surface area contributed by atoms with Crippen LogP contribution in [0.15, 0.2) is 33.9 Å². The lowest BCUT2D eigenvalue weighted by atomic mass is 9.70. The molecule has 8 rings (SSSR count). The van der Waals surface area contributed by atoms with E-state index in [0.717, 1.165) is 16.2 Å². The number of aromatic nitrogens is 1. The van der Waals surface area contributed by atoms with Crippen molar-refractivity contribution in [3.63, 3.8) is 0 Å². The van der Waals surface area contributed by atoms with E-state index >= 15 is 0 Å². The van der Waals surface area contributed by atoms with Crippen LogP contribution in [0.25, 0.3) is 0 Å². The Hall–Kier alpha value is -5.54. The minimum absolute atomic E-state index is 0.0370. The van der Waals surface area contributed by atoms with Crippen molar-refractivity contribution in [2.45, 2.75) is 55.8 Å². The van der Waals surface area contributed by atoms with E-state index in [0.29, 0.717) is 55.5 Å². The van der Waals surface area contributed by atoms with E-state index in [4.69, 9.17) is 15.7 Å². The number of nitrogen functional groups attached to an aromatic ring is 1. The average Bonchev–Trinajstić information content (AvgIpc) is 3.68. The van der Waals surface area contributed by atoms with Gasteiger partial charge in [0.1, 0.15) is 17.9 Å². The van der Waals surface area contributed by atoms with Crippen LogP contribution >= 0.6 is 23.1 Å². The molecule has 21 heteroatoms. The molecular formula is C35H37N6O13S2+. The maximum Gasteiger partial charge on any atom is 0.352 e. The molecule has 6 aliphatic rings. The van der Waals surface area contributed by atoms with E-state index in [2.05, 4.69) is 10.1 Å². The molecule has 4 saturated heterocycles. The third-order valence-corrected chi connectivity index (χ3v) is 13.7. The Labute approximate surface area is 325 Å². The average molecular weight is 814 g/mol. The number of Topliss-reactive ketones (excluding diaryl/α,β-unsaturated/α-hetero) is 1. The first-order chi connectivity index (χ1) is 26.4. The number of quaternary nitrogens is 1. The number of rotatable bonds is 14. The van der Waals surface area contributed by atoms with Gasteiger partial charge in [-0.25, -0.2) is 14.6 Å². The van der Waals surface area contributed by atoms with Crippen molar-refractivity contribution in [3.05, 3.63) is 45.6 Å². The number of oxime groups is 1. The number of imide groups is 1. The number of carbonyl (C=O) groups excluding carboxylic acids is 4. The van der Waals surface area contributed by atoms with Crippen molar-refractivity contribution in [3.8, 4) is 11.5 Å². The van der Waals surface area contributed by atoms with Crippen LogP contribution in [0.2, 0.25) is 0 Å². The van der Waals surface area contributed by atoms with E-state index in [1.54, 1.807) is 0 Å². The fourth-order valence-corrected chi connectivity index (χ4v) is 10.4.